The fourth-order valence-electron chi connectivity index (χ4n) is 2.40. The van der Waals surface area contributed by atoms with Crippen molar-refractivity contribution >= 4 is 33.8 Å². The van der Waals surface area contributed by atoms with Crippen LogP contribution in [0.3, 0.4) is 0 Å². The summed E-state index contributed by atoms with van der Waals surface area (Å²) in [6, 6.07) is 9.26. The predicted molar refractivity (Wildman–Crippen MR) is 99.1 cm³/mol. The van der Waals surface area contributed by atoms with Gasteiger partial charge in [-0.05, 0) is 49.0 Å². The Kier molecular flexibility index (Phi) is 5.01. The number of hydrogen-bond acceptors (Lipinski definition) is 5. The molecular weight excluding hydrogens is 344 g/mol. The smallest absolute Gasteiger partial charge is 0.263 e. The van der Waals surface area contributed by atoms with Crippen LogP contribution in [0.4, 0.5) is 0 Å². The molecule has 2 aromatic heterocycles. The van der Waals surface area contributed by atoms with E-state index in [4.69, 9.17) is 21.7 Å². The number of benzene rings is 1. The molecule has 0 aliphatic rings. The van der Waals surface area contributed by atoms with Gasteiger partial charge < -0.3 is 14.5 Å². The maximum Gasteiger partial charge on any atom is 0.263 e. The third kappa shape index (κ3) is 3.37. The summed E-state index contributed by atoms with van der Waals surface area (Å²) in [6.45, 7) is 2.83. The Balaban J connectivity index is 1.77. The van der Waals surface area contributed by atoms with Gasteiger partial charge in [0, 0.05) is 4.88 Å². The first-order valence-electron chi connectivity index (χ1n) is 7.64. The molecule has 126 valence electrons. The van der Waals surface area contributed by atoms with E-state index >= 15 is 0 Å². The van der Waals surface area contributed by atoms with E-state index in [1.54, 1.807) is 23.0 Å². The van der Waals surface area contributed by atoms with Gasteiger partial charge in [-0.1, -0.05) is 6.92 Å². The monoisotopic (exact) mass is 362 g/mol. The highest BCUT2D eigenvalue weighted by Crippen LogP contribution is 2.21. The number of thiophene rings is 1. The molecule has 0 saturated carbocycles. The highest BCUT2D eigenvalue weighted by molar-refractivity contribution is 7.71. The lowest BCUT2D eigenvalue weighted by atomic mass is 10.3. The lowest BCUT2D eigenvalue weighted by Crippen LogP contribution is -2.24. The first-order valence-corrected chi connectivity index (χ1v) is 8.87. The first-order chi connectivity index (χ1) is 11.6. The van der Waals surface area contributed by atoms with E-state index in [0.29, 0.717) is 23.3 Å². The molecule has 0 spiro atoms. The van der Waals surface area contributed by atoms with Crippen molar-refractivity contribution < 1.29 is 9.47 Å². The Morgan fingerprint density at radius 3 is 2.62 bits per heavy atom. The first kappa shape index (κ1) is 16.7. The topological polar surface area (TPSA) is 56.2 Å². The minimum absolute atomic E-state index is 0.0666. The molecule has 0 saturated heterocycles. The summed E-state index contributed by atoms with van der Waals surface area (Å²) >= 11 is 6.90. The zero-order chi connectivity index (χ0) is 17.1. The molecule has 24 heavy (non-hydrogen) atoms. The normalized spacial score (nSPS) is 10.9. The second kappa shape index (κ2) is 7.19. The highest BCUT2D eigenvalue weighted by Gasteiger charge is 2.09. The summed E-state index contributed by atoms with van der Waals surface area (Å²) < 4.78 is 12.8. The number of nitrogens with one attached hydrogen (secondary N) is 1. The van der Waals surface area contributed by atoms with Gasteiger partial charge in [0.2, 0.25) is 0 Å². The Hall–Kier alpha value is -2.12. The minimum atomic E-state index is -0.0666. The van der Waals surface area contributed by atoms with E-state index in [1.165, 1.54) is 4.88 Å². The number of ether oxygens (including phenoxy) is 2. The van der Waals surface area contributed by atoms with E-state index in [2.05, 4.69) is 11.9 Å². The molecule has 1 N–H and O–H groups in total. The lowest BCUT2D eigenvalue weighted by molar-refractivity contribution is 0.294. The van der Waals surface area contributed by atoms with Gasteiger partial charge in [-0.25, -0.2) is 0 Å². The van der Waals surface area contributed by atoms with Crippen LogP contribution < -0.4 is 15.0 Å². The average Bonchev–Trinajstić information content (AvgIpc) is 3.01. The molecular formula is C17H18N2O3S2. The van der Waals surface area contributed by atoms with Gasteiger partial charge in [-0.3, -0.25) is 9.36 Å². The van der Waals surface area contributed by atoms with E-state index in [1.807, 2.05) is 30.3 Å². The third-order valence-corrected chi connectivity index (χ3v) is 5.23. The number of nitrogens with zero attached hydrogens (tertiary/aromatic N) is 1. The van der Waals surface area contributed by atoms with Gasteiger partial charge in [0.25, 0.3) is 5.56 Å². The second-order valence-electron chi connectivity index (χ2n) is 5.22. The van der Waals surface area contributed by atoms with Crippen LogP contribution in [0.5, 0.6) is 11.5 Å². The predicted octanol–water partition coefficient (Wildman–Crippen LogP) is 3.77. The summed E-state index contributed by atoms with van der Waals surface area (Å²) in [5, 5.41) is 0.690. The van der Waals surface area contributed by atoms with Gasteiger partial charge in [0.05, 0.1) is 19.0 Å². The maximum atomic E-state index is 12.6. The molecule has 0 aliphatic carbocycles. The molecule has 7 heteroatoms. The largest absolute Gasteiger partial charge is 0.497 e. The number of rotatable bonds is 6. The standard InChI is InChI=1S/C17H18N2O3S2/c1-3-13-10-14-15(24-13)18-17(23)19(16(14)20)8-9-22-12-6-4-11(21-2)5-7-12/h4-7,10H,3,8-9H2,1-2H3,(H,18,23). The van der Waals surface area contributed by atoms with Crippen LogP contribution in [-0.4, -0.2) is 23.3 Å². The van der Waals surface area contributed by atoms with E-state index in [9.17, 15) is 4.79 Å². The zero-order valence-electron chi connectivity index (χ0n) is 13.5. The molecule has 3 aromatic rings. The molecule has 2 heterocycles. The van der Waals surface area contributed by atoms with Crippen LogP contribution in [0, 0.1) is 4.77 Å². The van der Waals surface area contributed by atoms with Crippen molar-refractivity contribution in [2.75, 3.05) is 13.7 Å². The summed E-state index contributed by atoms with van der Waals surface area (Å²) in [5.41, 5.74) is -0.0666. The fraction of sp³-hybridized carbons (Fsp3) is 0.294. The summed E-state index contributed by atoms with van der Waals surface area (Å²) in [4.78, 5) is 17.8. The quantitative estimate of drug-likeness (QED) is 0.678. The zero-order valence-corrected chi connectivity index (χ0v) is 15.1. The molecule has 0 aliphatic heterocycles. The molecule has 0 fully saturated rings. The second-order valence-corrected chi connectivity index (χ2v) is 6.74. The Morgan fingerprint density at radius 1 is 1.25 bits per heavy atom. The van der Waals surface area contributed by atoms with Gasteiger partial charge in [0.1, 0.15) is 22.9 Å². The van der Waals surface area contributed by atoms with Crippen molar-refractivity contribution in [2.45, 2.75) is 19.9 Å². The summed E-state index contributed by atoms with van der Waals surface area (Å²) in [6.07, 6.45) is 0.903. The highest BCUT2D eigenvalue weighted by atomic mass is 32.1. The van der Waals surface area contributed by atoms with E-state index < -0.39 is 0 Å². The molecule has 0 radical (unpaired) electrons. The van der Waals surface area contributed by atoms with Crippen LogP contribution in [0.25, 0.3) is 10.2 Å². The van der Waals surface area contributed by atoms with Gasteiger partial charge >= 0.3 is 0 Å². The molecule has 3 rings (SSSR count). The van der Waals surface area contributed by atoms with Crippen LogP contribution in [0.1, 0.15) is 11.8 Å². The fourth-order valence-corrected chi connectivity index (χ4v) is 3.73. The number of methoxy groups -OCH3 is 1. The molecule has 0 unspecified atom stereocenters. The average molecular weight is 362 g/mol. The Bertz CT molecular complexity index is 955. The minimum Gasteiger partial charge on any atom is -0.497 e. The number of H-pyrrole nitrogens is 1. The maximum absolute atomic E-state index is 12.6. The van der Waals surface area contributed by atoms with Crippen LogP contribution in [-0.2, 0) is 13.0 Å². The van der Waals surface area contributed by atoms with Gasteiger partial charge in [-0.2, -0.15) is 0 Å². The summed E-state index contributed by atoms with van der Waals surface area (Å²) in [5.74, 6) is 1.50. The lowest BCUT2D eigenvalue weighted by Gasteiger charge is -2.09. The Labute approximate surface area is 148 Å². The van der Waals surface area contributed by atoms with Crippen LogP contribution in [0.2, 0.25) is 0 Å². The molecule has 5 nitrogen and oxygen atoms in total. The van der Waals surface area contributed by atoms with Crippen molar-refractivity contribution in [3.63, 3.8) is 0 Å². The van der Waals surface area contributed by atoms with Gasteiger partial charge in [-0.15, -0.1) is 11.3 Å². The SMILES string of the molecule is CCc1cc2c(=O)n(CCOc3ccc(OC)cc3)c(=S)[nH]c2s1. The van der Waals surface area contributed by atoms with Crippen LogP contribution in [0.15, 0.2) is 35.1 Å². The van der Waals surface area contributed by atoms with Crippen molar-refractivity contribution in [3.05, 3.63) is 50.3 Å². The van der Waals surface area contributed by atoms with Crippen molar-refractivity contribution in [1.82, 2.24) is 9.55 Å². The molecule has 0 atom stereocenters. The van der Waals surface area contributed by atoms with Gasteiger partial charge in [0.15, 0.2) is 4.77 Å². The van der Waals surface area contributed by atoms with Crippen LogP contribution >= 0.6 is 23.6 Å². The Morgan fingerprint density at radius 2 is 1.96 bits per heavy atom. The molecule has 0 bridgehead atoms. The third-order valence-electron chi connectivity index (χ3n) is 3.72. The number of fused-ring (bicyclic) bond motifs is 1. The number of hydrogen-bond donors (Lipinski definition) is 1. The molecule has 1 aromatic carbocycles. The van der Waals surface area contributed by atoms with Crippen molar-refractivity contribution in [3.8, 4) is 11.5 Å². The number of aromatic nitrogens is 2. The number of aromatic amines is 1. The van der Waals surface area contributed by atoms with E-state index in [0.717, 1.165) is 22.8 Å². The molecule has 0 amide bonds. The summed E-state index contributed by atoms with van der Waals surface area (Å²) in [7, 11) is 1.62. The van der Waals surface area contributed by atoms with Crippen molar-refractivity contribution in [1.29, 1.82) is 0 Å². The van der Waals surface area contributed by atoms with E-state index in [-0.39, 0.29) is 5.56 Å². The number of aryl methyl sites for hydroxylation is 1. The van der Waals surface area contributed by atoms with Crippen molar-refractivity contribution in [2.24, 2.45) is 0 Å².